The minimum Gasteiger partial charge on any atom is -0.493 e. The Morgan fingerprint density at radius 2 is 1.93 bits per heavy atom. The zero-order valence-corrected chi connectivity index (χ0v) is 16.2. The van der Waals surface area contributed by atoms with Crippen molar-refractivity contribution in [3.05, 3.63) is 17.3 Å². The van der Waals surface area contributed by atoms with E-state index in [0.29, 0.717) is 23.7 Å². The first kappa shape index (κ1) is 17.2. The standard InChI is InChI=1S/C20H27N3O4/c1-24-15-10-13-17(20(26-3)19(15)25-2)12-4-7-23-14(18(12)21-13)5-6-22-8-9-27-11-16(22)23/h10,14,16,21H,4-9,11H2,1-3H3/t14-,16-/m1/s1. The first-order valence-corrected chi connectivity index (χ1v) is 9.67. The van der Waals surface area contributed by atoms with Crippen molar-refractivity contribution in [2.45, 2.75) is 25.0 Å². The summed E-state index contributed by atoms with van der Waals surface area (Å²) in [6.07, 6.45) is 2.51. The monoisotopic (exact) mass is 373 g/mol. The molecule has 146 valence electrons. The quantitative estimate of drug-likeness (QED) is 0.890. The van der Waals surface area contributed by atoms with E-state index in [1.54, 1.807) is 21.3 Å². The van der Waals surface area contributed by atoms with Gasteiger partial charge in [0.25, 0.3) is 0 Å². The van der Waals surface area contributed by atoms with E-state index in [-0.39, 0.29) is 0 Å². The van der Waals surface area contributed by atoms with Crippen LogP contribution in [0.25, 0.3) is 10.9 Å². The van der Waals surface area contributed by atoms with Gasteiger partial charge >= 0.3 is 0 Å². The van der Waals surface area contributed by atoms with Crippen molar-refractivity contribution in [2.75, 3.05) is 54.2 Å². The van der Waals surface area contributed by atoms with Crippen LogP contribution in [0.5, 0.6) is 17.2 Å². The van der Waals surface area contributed by atoms with Crippen LogP contribution in [0.1, 0.15) is 23.7 Å². The van der Waals surface area contributed by atoms with Gasteiger partial charge in [0, 0.05) is 36.8 Å². The van der Waals surface area contributed by atoms with Crippen LogP contribution in [0.15, 0.2) is 6.07 Å². The van der Waals surface area contributed by atoms with Crippen molar-refractivity contribution in [2.24, 2.45) is 0 Å². The Labute approximate surface area is 159 Å². The van der Waals surface area contributed by atoms with E-state index in [4.69, 9.17) is 18.9 Å². The molecule has 4 heterocycles. The van der Waals surface area contributed by atoms with Gasteiger partial charge in [-0.1, -0.05) is 0 Å². The van der Waals surface area contributed by atoms with E-state index in [1.165, 1.54) is 11.3 Å². The summed E-state index contributed by atoms with van der Waals surface area (Å²) in [6.45, 7) is 4.84. The molecule has 0 bridgehead atoms. The number of fused-ring (bicyclic) bond motifs is 7. The van der Waals surface area contributed by atoms with E-state index >= 15 is 0 Å². The lowest BCUT2D eigenvalue weighted by molar-refractivity contribution is -0.120. The summed E-state index contributed by atoms with van der Waals surface area (Å²) in [5, 5.41) is 1.13. The fraction of sp³-hybridized carbons (Fsp3) is 0.600. The average molecular weight is 373 g/mol. The van der Waals surface area contributed by atoms with Crippen LogP contribution in [-0.4, -0.2) is 75.1 Å². The summed E-state index contributed by atoms with van der Waals surface area (Å²) < 4.78 is 22.7. The average Bonchev–Trinajstić information content (AvgIpc) is 3.10. The predicted molar refractivity (Wildman–Crippen MR) is 102 cm³/mol. The van der Waals surface area contributed by atoms with Crippen molar-refractivity contribution in [1.29, 1.82) is 0 Å². The highest BCUT2D eigenvalue weighted by molar-refractivity contribution is 5.95. The number of aromatic amines is 1. The van der Waals surface area contributed by atoms with Crippen molar-refractivity contribution in [3.63, 3.8) is 0 Å². The Balaban J connectivity index is 1.63. The third-order valence-corrected chi connectivity index (χ3v) is 6.36. The summed E-state index contributed by atoms with van der Waals surface area (Å²) in [5.41, 5.74) is 3.72. The molecule has 1 aromatic heterocycles. The summed E-state index contributed by atoms with van der Waals surface area (Å²) in [4.78, 5) is 8.88. The van der Waals surface area contributed by atoms with E-state index in [2.05, 4.69) is 14.8 Å². The Hall–Kier alpha value is -1.96. The molecule has 1 aromatic carbocycles. The van der Waals surface area contributed by atoms with Crippen molar-refractivity contribution >= 4 is 10.9 Å². The van der Waals surface area contributed by atoms with Crippen LogP contribution in [0, 0.1) is 0 Å². The molecule has 5 rings (SSSR count). The van der Waals surface area contributed by atoms with E-state index < -0.39 is 0 Å². The molecule has 0 saturated carbocycles. The van der Waals surface area contributed by atoms with Gasteiger partial charge in [-0.25, -0.2) is 0 Å². The van der Waals surface area contributed by atoms with Gasteiger partial charge < -0.3 is 23.9 Å². The van der Waals surface area contributed by atoms with Gasteiger partial charge in [-0.2, -0.15) is 0 Å². The van der Waals surface area contributed by atoms with E-state index in [0.717, 1.165) is 62.3 Å². The van der Waals surface area contributed by atoms with Crippen LogP contribution < -0.4 is 14.2 Å². The number of methoxy groups -OCH3 is 3. The molecule has 0 unspecified atom stereocenters. The molecule has 2 atom stereocenters. The number of rotatable bonds is 3. The fourth-order valence-corrected chi connectivity index (χ4v) is 5.16. The smallest absolute Gasteiger partial charge is 0.204 e. The second-order valence-electron chi connectivity index (χ2n) is 7.47. The van der Waals surface area contributed by atoms with E-state index in [9.17, 15) is 0 Å². The topological polar surface area (TPSA) is 59.2 Å². The maximum atomic E-state index is 5.79. The summed E-state index contributed by atoms with van der Waals surface area (Å²) in [6, 6.07) is 2.42. The minimum atomic E-state index is 0.392. The van der Waals surface area contributed by atoms with Crippen LogP contribution in [0.3, 0.4) is 0 Å². The fourth-order valence-electron chi connectivity index (χ4n) is 5.16. The molecule has 1 N–H and O–H groups in total. The number of benzene rings is 1. The zero-order chi connectivity index (χ0) is 18.5. The van der Waals surface area contributed by atoms with Crippen LogP contribution >= 0.6 is 0 Å². The van der Waals surface area contributed by atoms with Crippen LogP contribution in [0.4, 0.5) is 0 Å². The second-order valence-corrected chi connectivity index (χ2v) is 7.47. The number of ether oxygens (including phenoxy) is 4. The summed E-state index contributed by atoms with van der Waals surface area (Å²) in [5.74, 6) is 2.11. The van der Waals surface area contributed by atoms with Gasteiger partial charge in [0.05, 0.1) is 52.3 Å². The van der Waals surface area contributed by atoms with Crippen molar-refractivity contribution in [3.8, 4) is 17.2 Å². The molecule has 0 aliphatic carbocycles. The molecule has 7 heteroatoms. The third kappa shape index (κ3) is 2.45. The number of nitrogens with one attached hydrogen (secondary N) is 1. The Morgan fingerprint density at radius 1 is 1.07 bits per heavy atom. The van der Waals surface area contributed by atoms with Gasteiger partial charge in [-0.15, -0.1) is 0 Å². The van der Waals surface area contributed by atoms with E-state index in [1.807, 2.05) is 6.07 Å². The van der Waals surface area contributed by atoms with Gasteiger partial charge in [0.15, 0.2) is 11.5 Å². The van der Waals surface area contributed by atoms with Crippen LogP contribution in [0.2, 0.25) is 0 Å². The molecule has 0 amide bonds. The Kier molecular flexibility index (Phi) is 4.18. The molecule has 7 nitrogen and oxygen atoms in total. The molecular weight excluding hydrogens is 346 g/mol. The summed E-state index contributed by atoms with van der Waals surface area (Å²) >= 11 is 0. The second kappa shape index (κ2) is 6.58. The zero-order valence-electron chi connectivity index (χ0n) is 16.2. The number of hydrogen-bond donors (Lipinski definition) is 1. The third-order valence-electron chi connectivity index (χ3n) is 6.36. The SMILES string of the molecule is COc1cc2[nH]c3c(c2c(OC)c1OC)CCN1[C@@H]3CCN2CCOC[C@H]21. The molecule has 0 radical (unpaired) electrons. The lowest BCUT2D eigenvalue weighted by atomic mass is 9.92. The predicted octanol–water partition coefficient (Wildman–Crippen LogP) is 2.15. The molecular formula is C20H27N3O4. The first-order chi connectivity index (χ1) is 13.3. The summed E-state index contributed by atoms with van der Waals surface area (Å²) in [7, 11) is 5.02. The van der Waals surface area contributed by atoms with Crippen LogP contribution in [-0.2, 0) is 11.2 Å². The highest BCUT2D eigenvalue weighted by Crippen LogP contribution is 2.48. The number of morpholine rings is 1. The highest BCUT2D eigenvalue weighted by Gasteiger charge is 2.42. The van der Waals surface area contributed by atoms with Gasteiger partial charge in [0.2, 0.25) is 5.75 Å². The van der Waals surface area contributed by atoms with Gasteiger partial charge in [0.1, 0.15) is 0 Å². The highest BCUT2D eigenvalue weighted by atomic mass is 16.5. The lowest BCUT2D eigenvalue weighted by Crippen LogP contribution is -2.61. The van der Waals surface area contributed by atoms with Gasteiger partial charge in [-0.05, 0) is 18.4 Å². The molecule has 3 aliphatic heterocycles. The largest absolute Gasteiger partial charge is 0.493 e. The van der Waals surface area contributed by atoms with Crippen molar-refractivity contribution in [1.82, 2.24) is 14.8 Å². The number of aromatic nitrogens is 1. The molecule has 2 aromatic rings. The van der Waals surface area contributed by atoms with Gasteiger partial charge in [-0.3, -0.25) is 9.80 Å². The lowest BCUT2D eigenvalue weighted by Gasteiger charge is -2.51. The number of H-pyrrole nitrogens is 1. The van der Waals surface area contributed by atoms with Crippen molar-refractivity contribution < 1.29 is 18.9 Å². The minimum absolute atomic E-state index is 0.392. The first-order valence-electron chi connectivity index (χ1n) is 9.67. The maximum Gasteiger partial charge on any atom is 0.204 e. The molecule has 0 spiro atoms. The maximum absolute atomic E-state index is 5.79. The number of nitrogens with zero attached hydrogens (tertiary/aromatic N) is 2. The Morgan fingerprint density at radius 3 is 2.70 bits per heavy atom. The number of hydrogen-bond acceptors (Lipinski definition) is 6. The normalized spacial score (nSPS) is 25.6. The molecule has 3 aliphatic rings. The molecule has 2 fully saturated rings. The Bertz CT molecular complexity index is 865. The molecule has 27 heavy (non-hydrogen) atoms. The molecule has 2 saturated heterocycles.